The predicted octanol–water partition coefficient (Wildman–Crippen LogP) is 5.24. The van der Waals surface area contributed by atoms with Crippen molar-refractivity contribution in [3.05, 3.63) is 101 Å². The lowest BCUT2D eigenvalue weighted by atomic mass is 10.2. The second-order valence-electron chi connectivity index (χ2n) is 6.58. The van der Waals surface area contributed by atoms with E-state index in [1.165, 1.54) is 5.69 Å². The molecule has 0 atom stereocenters. The summed E-state index contributed by atoms with van der Waals surface area (Å²) < 4.78 is 6.11. The monoisotopic (exact) mass is 357 g/mol. The van der Waals surface area contributed by atoms with Crippen molar-refractivity contribution in [2.45, 2.75) is 26.4 Å². The van der Waals surface area contributed by atoms with Crippen LogP contribution in [-0.4, -0.2) is 15.7 Å². The first-order chi connectivity index (χ1) is 13.3. The number of aryl methyl sites for hydroxylation is 1. The minimum Gasteiger partial charge on any atom is -0.487 e. The first-order valence-corrected chi connectivity index (χ1v) is 9.32. The van der Waals surface area contributed by atoms with Gasteiger partial charge >= 0.3 is 0 Å². The molecule has 1 aliphatic rings. The van der Waals surface area contributed by atoms with Gasteiger partial charge in [-0.1, -0.05) is 43.7 Å². The normalized spacial score (nSPS) is 15.1. The van der Waals surface area contributed by atoms with E-state index >= 15 is 0 Å². The Kier molecular flexibility index (Phi) is 5.06. The number of hydrogen-bond donors (Lipinski definition) is 2. The predicted molar refractivity (Wildman–Crippen MR) is 109 cm³/mol. The number of aliphatic imine (C=N–C) groups is 1. The maximum absolute atomic E-state index is 6.11. The molecule has 27 heavy (non-hydrogen) atoms. The summed E-state index contributed by atoms with van der Waals surface area (Å²) in [6, 6.07) is 18.4. The molecule has 0 unspecified atom stereocenters. The molecule has 4 heteroatoms. The van der Waals surface area contributed by atoms with Gasteiger partial charge in [-0.2, -0.15) is 0 Å². The molecule has 0 radical (unpaired) electrons. The second-order valence-corrected chi connectivity index (χ2v) is 6.58. The van der Waals surface area contributed by atoms with Crippen molar-refractivity contribution < 1.29 is 4.74 Å². The Labute approximate surface area is 159 Å². The molecule has 0 aliphatic carbocycles. The Morgan fingerprint density at radius 2 is 1.93 bits per heavy atom. The lowest BCUT2D eigenvalue weighted by Gasteiger charge is -2.07. The quantitative estimate of drug-likeness (QED) is 0.597. The summed E-state index contributed by atoms with van der Waals surface area (Å²) in [4.78, 5) is 11.4. The fourth-order valence-corrected chi connectivity index (χ4v) is 3.10. The van der Waals surface area contributed by atoms with Gasteiger partial charge in [-0.3, -0.25) is 0 Å². The van der Waals surface area contributed by atoms with Gasteiger partial charge in [0.2, 0.25) is 0 Å². The average molecular weight is 357 g/mol. The van der Waals surface area contributed by atoms with Gasteiger partial charge < -0.3 is 14.7 Å². The molecule has 4 nitrogen and oxygen atoms in total. The van der Waals surface area contributed by atoms with Crippen molar-refractivity contribution in [2.24, 2.45) is 4.99 Å². The molecule has 0 saturated carbocycles. The van der Waals surface area contributed by atoms with E-state index in [0.29, 0.717) is 6.61 Å². The molecule has 0 saturated heterocycles. The first-order valence-electron chi connectivity index (χ1n) is 9.32. The lowest BCUT2D eigenvalue weighted by Crippen LogP contribution is -1.95. The topological polar surface area (TPSA) is 53.2 Å². The number of benzene rings is 1. The minimum atomic E-state index is 0.517. The van der Waals surface area contributed by atoms with Crippen molar-refractivity contribution in [1.82, 2.24) is 9.97 Å². The second kappa shape index (κ2) is 7.96. The van der Waals surface area contributed by atoms with Gasteiger partial charge in [-0.25, -0.2) is 4.99 Å². The van der Waals surface area contributed by atoms with Crippen LogP contribution in [0.25, 0.3) is 6.08 Å². The molecule has 0 fully saturated rings. The highest BCUT2D eigenvalue weighted by atomic mass is 16.5. The number of aromatic amines is 2. The van der Waals surface area contributed by atoms with Crippen molar-refractivity contribution in [3.8, 4) is 0 Å². The van der Waals surface area contributed by atoms with E-state index in [1.54, 1.807) is 0 Å². The van der Waals surface area contributed by atoms with E-state index in [4.69, 9.17) is 9.73 Å². The van der Waals surface area contributed by atoms with Crippen LogP contribution in [-0.2, 0) is 17.8 Å². The van der Waals surface area contributed by atoms with Crippen LogP contribution in [0.15, 0.2) is 83.3 Å². The highest BCUT2D eigenvalue weighted by Crippen LogP contribution is 2.26. The van der Waals surface area contributed by atoms with Gasteiger partial charge in [0.1, 0.15) is 18.1 Å². The smallest absolute Gasteiger partial charge is 0.147 e. The van der Waals surface area contributed by atoms with Crippen LogP contribution in [0.4, 0.5) is 0 Å². The third-order valence-electron chi connectivity index (χ3n) is 4.45. The SMILES string of the molecule is CCCc1ccc(C=C2N=C(c3ccc[nH]3)C=C2OCc2ccccc2)[nH]1. The number of allylic oxidation sites excluding steroid dienone is 1. The molecule has 3 heterocycles. The molecule has 1 aromatic carbocycles. The van der Waals surface area contributed by atoms with Crippen molar-refractivity contribution >= 4 is 11.8 Å². The zero-order valence-corrected chi connectivity index (χ0v) is 15.4. The van der Waals surface area contributed by atoms with E-state index in [0.717, 1.165) is 47.0 Å². The van der Waals surface area contributed by atoms with E-state index < -0.39 is 0 Å². The van der Waals surface area contributed by atoms with Crippen molar-refractivity contribution in [2.75, 3.05) is 0 Å². The fourth-order valence-electron chi connectivity index (χ4n) is 3.10. The number of hydrogen-bond acceptors (Lipinski definition) is 2. The third kappa shape index (κ3) is 4.11. The number of ether oxygens (including phenoxy) is 1. The summed E-state index contributed by atoms with van der Waals surface area (Å²) in [5.74, 6) is 0.787. The fraction of sp³-hybridized carbons (Fsp3) is 0.174. The van der Waals surface area contributed by atoms with Gasteiger partial charge in [0.05, 0.1) is 11.4 Å². The van der Waals surface area contributed by atoms with Crippen LogP contribution < -0.4 is 0 Å². The Hall–Kier alpha value is -3.27. The van der Waals surface area contributed by atoms with E-state index in [2.05, 4.69) is 41.2 Å². The lowest BCUT2D eigenvalue weighted by molar-refractivity contribution is 0.208. The number of rotatable bonds is 7. The summed E-state index contributed by atoms with van der Waals surface area (Å²) in [7, 11) is 0. The van der Waals surface area contributed by atoms with Crippen LogP contribution in [0.2, 0.25) is 0 Å². The van der Waals surface area contributed by atoms with Crippen LogP contribution in [0.3, 0.4) is 0 Å². The maximum atomic E-state index is 6.11. The first kappa shape index (κ1) is 17.2. The number of H-pyrrole nitrogens is 2. The zero-order chi connectivity index (χ0) is 18.5. The zero-order valence-electron chi connectivity index (χ0n) is 15.4. The van der Waals surface area contributed by atoms with Crippen LogP contribution in [0, 0.1) is 0 Å². The summed E-state index contributed by atoms with van der Waals surface area (Å²) in [6.45, 7) is 2.70. The Bertz CT molecular complexity index is 976. The van der Waals surface area contributed by atoms with Crippen molar-refractivity contribution in [1.29, 1.82) is 0 Å². The maximum Gasteiger partial charge on any atom is 0.147 e. The molecule has 4 rings (SSSR count). The number of nitrogens with one attached hydrogen (secondary N) is 2. The number of aromatic nitrogens is 2. The Morgan fingerprint density at radius 3 is 2.70 bits per heavy atom. The molecule has 0 spiro atoms. The summed E-state index contributed by atoms with van der Waals surface area (Å²) in [6.07, 6.45) is 8.12. The summed E-state index contributed by atoms with van der Waals surface area (Å²) in [5, 5.41) is 0. The molecular weight excluding hydrogens is 334 g/mol. The molecular formula is C23H23N3O. The summed E-state index contributed by atoms with van der Waals surface area (Å²) >= 11 is 0. The van der Waals surface area contributed by atoms with E-state index in [1.807, 2.05) is 48.7 Å². The molecule has 1 aliphatic heterocycles. The van der Waals surface area contributed by atoms with Gasteiger partial charge in [-0.05, 0) is 42.3 Å². The molecule has 0 amide bonds. The Balaban J connectivity index is 1.59. The van der Waals surface area contributed by atoms with Gasteiger partial charge in [0, 0.05) is 23.7 Å². The standard InChI is InChI=1S/C23H23N3O/c1-2-7-18-11-12-19(25-18)14-22-23(27-16-17-8-4-3-5-9-17)15-21(26-22)20-10-6-13-24-20/h3-6,8-15,24-25H,2,7,16H2,1H3. The highest BCUT2D eigenvalue weighted by Gasteiger charge is 2.18. The number of nitrogens with zero attached hydrogens (tertiary/aromatic N) is 1. The average Bonchev–Trinajstić information content (AvgIpc) is 3.43. The third-order valence-corrected chi connectivity index (χ3v) is 4.45. The van der Waals surface area contributed by atoms with Crippen LogP contribution >= 0.6 is 0 Å². The largest absolute Gasteiger partial charge is 0.487 e. The van der Waals surface area contributed by atoms with E-state index in [-0.39, 0.29) is 0 Å². The van der Waals surface area contributed by atoms with Gasteiger partial charge in [0.15, 0.2) is 0 Å². The Morgan fingerprint density at radius 1 is 1.04 bits per heavy atom. The van der Waals surface area contributed by atoms with Crippen LogP contribution in [0.1, 0.15) is 36.0 Å². The van der Waals surface area contributed by atoms with Gasteiger partial charge in [0.25, 0.3) is 0 Å². The molecule has 0 bridgehead atoms. The molecule has 2 aromatic heterocycles. The highest BCUT2D eigenvalue weighted by molar-refractivity contribution is 6.11. The van der Waals surface area contributed by atoms with Gasteiger partial charge in [-0.15, -0.1) is 0 Å². The minimum absolute atomic E-state index is 0.517. The van der Waals surface area contributed by atoms with Crippen molar-refractivity contribution in [3.63, 3.8) is 0 Å². The van der Waals surface area contributed by atoms with E-state index in [9.17, 15) is 0 Å². The molecule has 3 aromatic rings. The molecule has 2 N–H and O–H groups in total. The van der Waals surface area contributed by atoms with Crippen LogP contribution in [0.5, 0.6) is 0 Å². The molecule has 136 valence electrons. The summed E-state index contributed by atoms with van der Waals surface area (Å²) in [5.41, 5.74) is 6.12.